The Hall–Kier alpha value is -3.00. The molecule has 1 heterocycles. The molecule has 0 fully saturated rings. The lowest BCUT2D eigenvalue weighted by Crippen LogP contribution is -2.26. The van der Waals surface area contributed by atoms with E-state index < -0.39 is 12.6 Å². The normalized spacial score (nSPS) is 12.1. The van der Waals surface area contributed by atoms with E-state index in [1.54, 1.807) is 26.1 Å². The largest absolute Gasteiger partial charge is 0.368 e. The van der Waals surface area contributed by atoms with E-state index in [-0.39, 0.29) is 23.2 Å². The van der Waals surface area contributed by atoms with E-state index in [0.29, 0.717) is 5.82 Å². The zero-order chi connectivity index (χ0) is 20.4. The molecule has 0 aliphatic heterocycles. The van der Waals surface area contributed by atoms with Gasteiger partial charge < -0.3 is 11.1 Å². The number of hydrogen-bond acceptors (Lipinski definition) is 5. The van der Waals surface area contributed by atoms with Gasteiger partial charge in [0.15, 0.2) is 0 Å². The van der Waals surface area contributed by atoms with Crippen molar-refractivity contribution >= 4 is 35.6 Å². The molecule has 0 unspecified atom stereocenters. The number of carbonyl (C=O) groups is 1. The summed E-state index contributed by atoms with van der Waals surface area (Å²) in [6, 6.07) is 0. The Bertz CT molecular complexity index is 803. The van der Waals surface area contributed by atoms with Gasteiger partial charge in [-0.15, -0.1) is 0 Å². The first-order valence-electron chi connectivity index (χ1n) is 7.87. The first-order valence-corrected chi connectivity index (χ1v) is 8.25. The molecular formula is C18H22ClFN6O. The van der Waals surface area contributed by atoms with Gasteiger partial charge in [-0.25, -0.2) is 14.4 Å². The van der Waals surface area contributed by atoms with Crippen LogP contribution in [0.3, 0.4) is 0 Å². The Morgan fingerprint density at radius 1 is 1.52 bits per heavy atom. The van der Waals surface area contributed by atoms with Crippen molar-refractivity contribution in [3.63, 3.8) is 0 Å². The maximum atomic E-state index is 12.3. The summed E-state index contributed by atoms with van der Waals surface area (Å²) >= 11 is 5.57. The Kier molecular flexibility index (Phi) is 8.87. The van der Waals surface area contributed by atoms with Crippen molar-refractivity contribution in [2.45, 2.75) is 13.8 Å². The fourth-order valence-electron chi connectivity index (χ4n) is 1.74. The molecule has 0 radical (unpaired) electrons. The van der Waals surface area contributed by atoms with Crippen LogP contribution < -0.4 is 16.0 Å². The second-order valence-corrected chi connectivity index (χ2v) is 5.94. The number of nitrogens with two attached hydrogens (primary N) is 1. The number of nitrogens with zero attached hydrogens (tertiary/aromatic N) is 4. The number of amides is 1. The highest BCUT2D eigenvalue weighted by Gasteiger charge is 2.09. The fourth-order valence-corrected chi connectivity index (χ4v) is 1.81. The molecule has 0 saturated carbocycles. The van der Waals surface area contributed by atoms with Crippen molar-refractivity contribution in [2.24, 2.45) is 4.99 Å². The SMILES string of the molecule is C=CN(C=NC(=C)C(=O)NC/C(C)=C/C=C(/Cl)CF)c1nc(N)ncc1C. The topological polar surface area (TPSA) is 96.5 Å². The molecule has 0 saturated heterocycles. The molecule has 0 atom stereocenters. The third-order valence-corrected chi connectivity index (χ3v) is 3.44. The van der Waals surface area contributed by atoms with E-state index in [2.05, 4.69) is 33.4 Å². The quantitative estimate of drug-likeness (QED) is 0.291. The second kappa shape index (κ2) is 10.9. The number of hydrogen-bond donors (Lipinski definition) is 2. The number of nitrogen functional groups attached to an aromatic ring is 1. The molecule has 27 heavy (non-hydrogen) atoms. The van der Waals surface area contributed by atoms with Crippen LogP contribution in [0.5, 0.6) is 0 Å². The standard InChI is InChI=1S/C18H22ClFN6O/c1-5-26(16-13(3)10-23-18(21)25-16)11-24-14(4)17(27)22-9-12(2)6-7-15(19)8-20/h5-7,10-11H,1,4,8-9H2,2-3H3,(H,22,27)(H2,21,23,25)/b12-6+,15-7+,24-11?. The molecule has 0 aliphatic rings. The van der Waals surface area contributed by atoms with Gasteiger partial charge in [-0.05, 0) is 19.9 Å². The van der Waals surface area contributed by atoms with Gasteiger partial charge in [-0.2, -0.15) is 4.98 Å². The van der Waals surface area contributed by atoms with Gasteiger partial charge in [0.25, 0.3) is 5.91 Å². The number of aromatic nitrogens is 2. The molecule has 1 amide bonds. The number of rotatable bonds is 9. The summed E-state index contributed by atoms with van der Waals surface area (Å²) in [6.45, 7) is 10.4. The number of aryl methyl sites for hydroxylation is 1. The van der Waals surface area contributed by atoms with Crippen LogP contribution in [-0.4, -0.2) is 35.4 Å². The van der Waals surface area contributed by atoms with E-state index in [1.807, 2.05) is 0 Å². The van der Waals surface area contributed by atoms with Gasteiger partial charge in [-0.1, -0.05) is 36.4 Å². The Balaban J connectivity index is 2.71. The monoisotopic (exact) mass is 392 g/mol. The second-order valence-electron chi connectivity index (χ2n) is 5.46. The number of anilines is 2. The average Bonchev–Trinajstić information content (AvgIpc) is 2.66. The van der Waals surface area contributed by atoms with Gasteiger partial charge in [0.1, 0.15) is 24.5 Å². The summed E-state index contributed by atoms with van der Waals surface area (Å²) in [5.74, 6) is 0.142. The predicted octanol–water partition coefficient (Wildman–Crippen LogP) is 3.01. The molecule has 0 aromatic carbocycles. The summed E-state index contributed by atoms with van der Waals surface area (Å²) in [5, 5.41) is 2.73. The van der Waals surface area contributed by atoms with Crippen molar-refractivity contribution in [3.05, 3.63) is 59.6 Å². The van der Waals surface area contributed by atoms with Crippen LogP contribution in [0.2, 0.25) is 0 Å². The lowest BCUT2D eigenvalue weighted by atomic mass is 10.2. The van der Waals surface area contributed by atoms with Crippen LogP contribution in [-0.2, 0) is 4.79 Å². The van der Waals surface area contributed by atoms with Gasteiger partial charge >= 0.3 is 0 Å². The van der Waals surface area contributed by atoms with Crippen molar-refractivity contribution in [2.75, 3.05) is 23.9 Å². The lowest BCUT2D eigenvalue weighted by Gasteiger charge is -2.15. The summed E-state index contributed by atoms with van der Waals surface area (Å²) in [6.07, 6.45) is 7.46. The summed E-state index contributed by atoms with van der Waals surface area (Å²) < 4.78 is 12.3. The molecule has 1 aromatic rings. The molecule has 144 valence electrons. The molecule has 1 aromatic heterocycles. The molecule has 3 N–H and O–H groups in total. The first kappa shape index (κ1) is 22.0. The van der Waals surface area contributed by atoms with E-state index in [1.165, 1.54) is 23.5 Å². The number of allylic oxidation sites excluding steroid dienone is 3. The highest BCUT2D eigenvalue weighted by atomic mass is 35.5. The van der Waals surface area contributed by atoms with Crippen molar-refractivity contribution in [3.8, 4) is 0 Å². The lowest BCUT2D eigenvalue weighted by molar-refractivity contribution is -0.117. The number of nitrogens with one attached hydrogen (secondary N) is 1. The van der Waals surface area contributed by atoms with Crippen LogP contribution in [0, 0.1) is 6.92 Å². The van der Waals surface area contributed by atoms with E-state index in [9.17, 15) is 9.18 Å². The molecule has 1 rings (SSSR count). The maximum absolute atomic E-state index is 12.3. The van der Waals surface area contributed by atoms with Crippen LogP contribution in [0.4, 0.5) is 16.2 Å². The maximum Gasteiger partial charge on any atom is 0.269 e. The van der Waals surface area contributed by atoms with Crippen molar-refractivity contribution < 1.29 is 9.18 Å². The van der Waals surface area contributed by atoms with Crippen LogP contribution in [0.25, 0.3) is 0 Å². The van der Waals surface area contributed by atoms with Crippen molar-refractivity contribution in [1.82, 2.24) is 15.3 Å². The van der Waals surface area contributed by atoms with Crippen LogP contribution in [0.15, 0.2) is 59.0 Å². The fraction of sp³-hybridized carbons (Fsp3) is 0.222. The molecular weight excluding hydrogens is 371 g/mol. The Morgan fingerprint density at radius 3 is 2.85 bits per heavy atom. The minimum absolute atomic E-state index is 0.00772. The Morgan fingerprint density at radius 2 is 2.22 bits per heavy atom. The van der Waals surface area contributed by atoms with Gasteiger partial charge in [0.05, 0.1) is 0 Å². The third kappa shape index (κ3) is 7.41. The van der Waals surface area contributed by atoms with Gasteiger partial charge in [0.2, 0.25) is 5.95 Å². The van der Waals surface area contributed by atoms with Crippen LogP contribution in [0.1, 0.15) is 12.5 Å². The van der Waals surface area contributed by atoms with E-state index in [0.717, 1.165) is 11.1 Å². The zero-order valence-electron chi connectivity index (χ0n) is 15.2. The molecule has 0 aliphatic carbocycles. The average molecular weight is 393 g/mol. The number of alkyl halides is 1. The summed E-state index contributed by atoms with van der Waals surface area (Å²) in [7, 11) is 0. The third-order valence-electron chi connectivity index (χ3n) is 3.21. The predicted molar refractivity (Wildman–Crippen MR) is 108 cm³/mol. The van der Waals surface area contributed by atoms with E-state index in [4.69, 9.17) is 17.3 Å². The van der Waals surface area contributed by atoms with E-state index >= 15 is 0 Å². The summed E-state index contributed by atoms with van der Waals surface area (Å²) in [4.78, 5) is 25.6. The van der Waals surface area contributed by atoms with Gasteiger partial charge in [-0.3, -0.25) is 9.69 Å². The number of halogens is 2. The highest BCUT2D eigenvalue weighted by molar-refractivity contribution is 6.29. The minimum atomic E-state index is -0.736. The number of aliphatic imine (C=N–C) groups is 1. The highest BCUT2D eigenvalue weighted by Crippen LogP contribution is 2.16. The van der Waals surface area contributed by atoms with Crippen molar-refractivity contribution in [1.29, 1.82) is 0 Å². The zero-order valence-corrected chi connectivity index (χ0v) is 16.0. The molecule has 9 heteroatoms. The Labute approximate surface area is 162 Å². The summed E-state index contributed by atoms with van der Waals surface area (Å²) in [5.41, 5.74) is 7.13. The smallest absolute Gasteiger partial charge is 0.269 e. The molecule has 7 nitrogen and oxygen atoms in total. The molecule has 0 bridgehead atoms. The van der Waals surface area contributed by atoms with Gasteiger partial charge in [0, 0.05) is 29.5 Å². The molecule has 0 spiro atoms. The minimum Gasteiger partial charge on any atom is -0.368 e. The first-order chi connectivity index (χ1) is 12.8. The number of carbonyl (C=O) groups excluding carboxylic acids is 1. The van der Waals surface area contributed by atoms with Crippen LogP contribution >= 0.6 is 11.6 Å².